The molecule has 1 amide bonds. The van der Waals surface area contributed by atoms with E-state index in [9.17, 15) is 4.79 Å². The fourth-order valence-corrected chi connectivity index (χ4v) is 2.82. The van der Waals surface area contributed by atoms with Crippen LogP contribution in [0.4, 0.5) is 0 Å². The average molecular weight is 270 g/mol. The van der Waals surface area contributed by atoms with Gasteiger partial charge < -0.3 is 9.73 Å². The smallest absolute Gasteiger partial charge is 0.255 e. The number of amides is 1. The fourth-order valence-electron chi connectivity index (χ4n) is 2.48. The molecule has 0 radical (unpaired) electrons. The van der Waals surface area contributed by atoms with Gasteiger partial charge in [0.15, 0.2) is 0 Å². The van der Waals surface area contributed by atoms with Crippen LogP contribution in [0.3, 0.4) is 0 Å². The van der Waals surface area contributed by atoms with Crippen LogP contribution in [0.1, 0.15) is 48.7 Å². The van der Waals surface area contributed by atoms with E-state index in [1.165, 1.54) is 6.26 Å². The molecule has 0 unspecified atom stereocenters. The number of hydrogen-bond donors (Lipinski definition) is 1. The monoisotopic (exact) mass is 269 g/mol. The minimum absolute atomic E-state index is 0.0814. The third kappa shape index (κ3) is 2.89. The highest BCUT2D eigenvalue weighted by molar-refractivity contribution is 6.19. The molecule has 2 rings (SSSR count). The Kier molecular flexibility index (Phi) is 4.00. The maximum absolute atomic E-state index is 12.1. The molecule has 0 atom stereocenters. The molecule has 1 aromatic heterocycles. The first-order valence-corrected chi connectivity index (χ1v) is 7.02. The van der Waals surface area contributed by atoms with Crippen molar-refractivity contribution < 1.29 is 9.21 Å². The van der Waals surface area contributed by atoms with E-state index in [1.54, 1.807) is 6.07 Å². The summed E-state index contributed by atoms with van der Waals surface area (Å²) in [6.45, 7) is 4.08. The van der Waals surface area contributed by atoms with Gasteiger partial charge in [-0.05, 0) is 44.6 Å². The topological polar surface area (TPSA) is 42.2 Å². The van der Waals surface area contributed by atoms with Crippen LogP contribution in [0.2, 0.25) is 0 Å². The molecule has 1 aliphatic carbocycles. The minimum atomic E-state index is -0.240. The van der Waals surface area contributed by atoms with Crippen LogP contribution in [0.5, 0.6) is 0 Å². The lowest BCUT2D eigenvalue weighted by Gasteiger charge is -2.38. The number of rotatable bonds is 3. The summed E-state index contributed by atoms with van der Waals surface area (Å²) in [4.78, 5) is 12.1. The summed E-state index contributed by atoms with van der Waals surface area (Å²) >= 11 is 6.08. The second kappa shape index (κ2) is 5.35. The van der Waals surface area contributed by atoms with Gasteiger partial charge in [-0.15, -0.1) is 11.6 Å². The summed E-state index contributed by atoms with van der Waals surface area (Å²) in [6.07, 6.45) is 5.66. The van der Waals surface area contributed by atoms with Crippen molar-refractivity contribution in [1.82, 2.24) is 5.32 Å². The van der Waals surface area contributed by atoms with Crippen LogP contribution >= 0.6 is 11.6 Å². The SMILES string of the molecule is Cc1cc(C(=O)NC2(CCl)CCC(C)CC2)co1. The number of alkyl halides is 1. The normalized spacial score (nSPS) is 28.1. The van der Waals surface area contributed by atoms with Gasteiger partial charge in [0.2, 0.25) is 0 Å². The number of hydrogen-bond acceptors (Lipinski definition) is 2. The molecule has 1 fully saturated rings. The molecule has 18 heavy (non-hydrogen) atoms. The Balaban J connectivity index is 2.04. The van der Waals surface area contributed by atoms with E-state index in [1.807, 2.05) is 6.92 Å². The second-order valence-corrected chi connectivity index (χ2v) is 5.76. The maximum atomic E-state index is 12.1. The molecule has 100 valence electrons. The predicted octanol–water partition coefficient (Wildman–Crippen LogP) is 3.51. The molecule has 1 N–H and O–H groups in total. The average Bonchev–Trinajstić information content (AvgIpc) is 2.79. The molecule has 0 bridgehead atoms. The molecule has 0 aromatic carbocycles. The van der Waals surface area contributed by atoms with Crippen molar-refractivity contribution in [3.8, 4) is 0 Å². The Morgan fingerprint density at radius 1 is 1.56 bits per heavy atom. The summed E-state index contributed by atoms with van der Waals surface area (Å²) < 4.78 is 5.16. The lowest BCUT2D eigenvalue weighted by Crippen LogP contribution is -2.52. The Bertz CT molecular complexity index is 419. The van der Waals surface area contributed by atoms with Crippen molar-refractivity contribution in [3.63, 3.8) is 0 Å². The van der Waals surface area contributed by atoms with Crippen molar-refractivity contribution in [2.24, 2.45) is 5.92 Å². The molecule has 4 heteroatoms. The van der Waals surface area contributed by atoms with Gasteiger partial charge in [0, 0.05) is 5.88 Å². The van der Waals surface area contributed by atoms with E-state index < -0.39 is 0 Å². The van der Waals surface area contributed by atoms with E-state index in [2.05, 4.69) is 12.2 Å². The summed E-state index contributed by atoms with van der Waals surface area (Å²) in [6, 6.07) is 1.75. The van der Waals surface area contributed by atoms with E-state index in [0.717, 1.165) is 37.4 Å². The summed E-state index contributed by atoms with van der Waals surface area (Å²) in [5, 5.41) is 3.10. The van der Waals surface area contributed by atoms with Crippen LogP contribution in [-0.2, 0) is 0 Å². The van der Waals surface area contributed by atoms with Gasteiger partial charge in [-0.25, -0.2) is 0 Å². The van der Waals surface area contributed by atoms with Crippen molar-refractivity contribution in [2.75, 3.05) is 5.88 Å². The first kappa shape index (κ1) is 13.5. The zero-order valence-corrected chi connectivity index (χ0v) is 11.7. The number of carbonyl (C=O) groups excluding carboxylic acids is 1. The minimum Gasteiger partial charge on any atom is -0.469 e. The Morgan fingerprint density at radius 2 is 2.22 bits per heavy atom. The second-order valence-electron chi connectivity index (χ2n) is 5.50. The van der Waals surface area contributed by atoms with Gasteiger partial charge in [-0.3, -0.25) is 4.79 Å². The van der Waals surface area contributed by atoms with Crippen LogP contribution in [0, 0.1) is 12.8 Å². The van der Waals surface area contributed by atoms with Crippen molar-refractivity contribution in [2.45, 2.75) is 45.1 Å². The maximum Gasteiger partial charge on any atom is 0.255 e. The van der Waals surface area contributed by atoms with E-state index in [0.29, 0.717) is 11.4 Å². The lowest BCUT2D eigenvalue weighted by atomic mass is 9.78. The Labute approximate surface area is 113 Å². The summed E-state index contributed by atoms with van der Waals surface area (Å²) in [7, 11) is 0. The van der Waals surface area contributed by atoms with Crippen LogP contribution in [-0.4, -0.2) is 17.3 Å². The molecule has 1 aliphatic rings. The lowest BCUT2D eigenvalue weighted by molar-refractivity contribution is 0.0872. The molecule has 1 heterocycles. The highest BCUT2D eigenvalue weighted by Gasteiger charge is 2.35. The molecule has 3 nitrogen and oxygen atoms in total. The summed E-state index contributed by atoms with van der Waals surface area (Å²) in [5.41, 5.74) is 0.340. The summed E-state index contributed by atoms with van der Waals surface area (Å²) in [5.74, 6) is 1.87. The van der Waals surface area contributed by atoms with Crippen LogP contribution in [0.25, 0.3) is 0 Å². The Hall–Kier alpha value is -0.960. The molecule has 0 saturated heterocycles. The number of halogens is 1. The fraction of sp³-hybridized carbons (Fsp3) is 0.643. The van der Waals surface area contributed by atoms with Crippen LogP contribution < -0.4 is 5.32 Å². The molecular weight excluding hydrogens is 250 g/mol. The van der Waals surface area contributed by atoms with Gasteiger partial charge in [0.1, 0.15) is 12.0 Å². The van der Waals surface area contributed by atoms with E-state index in [-0.39, 0.29) is 11.4 Å². The van der Waals surface area contributed by atoms with Gasteiger partial charge in [0.25, 0.3) is 5.91 Å². The van der Waals surface area contributed by atoms with Gasteiger partial charge in [-0.1, -0.05) is 6.92 Å². The van der Waals surface area contributed by atoms with Crippen LogP contribution in [0.15, 0.2) is 16.7 Å². The highest BCUT2D eigenvalue weighted by atomic mass is 35.5. The van der Waals surface area contributed by atoms with E-state index >= 15 is 0 Å². The molecule has 1 aromatic rings. The van der Waals surface area contributed by atoms with Gasteiger partial charge in [-0.2, -0.15) is 0 Å². The standard InChI is InChI=1S/C14H20ClNO2/c1-10-3-5-14(9-15,6-4-10)16-13(17)12-7-11(2)18-8-12/h7-8,10H,3-6,9H2,1-2H3,(H,16,17). The number of carbonyl (C=O) groups is 1. The zero-order valence-electron chi connectivity index (χ0n) is 11.0. The van der Waals surface area contributed by atoms with Crippen molar-refractivity contribution in [3.05, 3.63) is 23.7 Å². The number of nitrogens with one attached hydrogen (secondary N) is 1. The largest absolute Gasteiger partial charge is 0.469 e. The number of aryl methyl sites for hydroxylation is 1. The molecule has 0 spiro atoms. The van der Waals surface area contributed by atoms with Crippen molar-refractivity contribution in [1.29, 1.82) is 0 Å². The predicted molar refractivity (Wildman–Crippen MR) is 72.0 cm³/mol. The first-order chi connectivity index (χ1) is 8.54. The van der Waals surface area contributed by atoms with Crippen molar-refractivity contribution >= 4 is 17.5 Å². The quantitative estimate of drug-likeness (QED) is 0.854. The third-order valence-electron chi connectivity index (χ3n) is 3.86. The van der Waals surface area contributed by atoms with Gasteiger partial charge in [0.05, 0.1) is 11.1 Å². The molecular formula is C14H20ClNO2. The van der Waals surface area contributed by atoms with E-state index in [4.69, 9.17) is 16.0 Å². The van der Waals surface area contributed by atoms with Gasteiger partial charge >= 0.3 is 0 Å². The Morgan fingerprint density at radius 3 is 2.72 bits per heavy atom. The number of furan rings is 1. The molecule has 0 aliphatic heterocycles. The highest BCUT2D eigenvalue weighted by Crippen LogP contribution is 2.33. The first-order valence-electron chi connectivity index (χ1n) is 6.48. The zero-order chi connectivity index (χ0) is 13.2. The molecule has 1 saturated carbocycles. The third-order valence-corrected chi connectivity index (χ3v) is 4.37.